The molecule has 2 heterocycles. The van der Waals surface area contributed by atoms with E-state index in [1.807, 2.05) is 0 Å². The van der Waals surface area contributed by atoms with E-state index in [9.17, 15) is 13.2 Å². The highest BCUT2D eigenvalue weighted by Gasteiger charge is 2.39. The molecule has 1 amide bonds. The van der Waals surface area contributed by atoms with Gasteiger partial charge in [-0.15, -0.1) is 0 Å². The van der Waals surface area contributed by atoms with Crippen LogP contribution >= 0.6 is 12.2 Å². The number of amides is 1. The first-order valence-electron chi connectivity index (χ1n) is 6.96. The van der Waals surface area contributed by atoms with Crippen LogP contribution in [0.1, 0.15) is 18.9 Å². The number of hydrogen-bond donors (Lipinski definition) is 2. The largest absolute Gasteiger partial charge is 0.338 e. The third kappa shape index (κ3) is 3.35. The maximum absolute atomic E-state index is 11.9. The fourth-order valence-electron chi connectivity index (χ4n) is 2.66. The zero-order valence-electron chi connectivity index (χ0n) is 12.3. The fourth-order valence-corrected chi connectivity index (χ4v) is 5.04. The van der Waals surface area contributed by atoms with Crippen LogP contribution in [-0.4, -0.2) is 42.3 Å². The van der Waals surface area contributed by atoms with Gasteiger partial charge in [-0.3, -0.25) is 4.79 Å². The monoisotopic (exact) mass is 353 g/mol. The predicted octanol–water partition coefficient (Wildman–Crippen LogP) is 0.811. The van der Waals surface area contributed by atoms with Crippen molar-refractivity contribution in [1.82, 2.24) is 5.32 Å². The number of hydrogen-bond acceptors (Lipinski definition) is 6. The summed E-state index contributed by atoms with van der Waals surface area (Å²) in [5.74, 6) is -0.268. The molecule has 0 aliphatic carbocycles. The first-order valence-corrected chi connectivity index (χ1v) is 9.19. The predicted molar refractivity (Wildman–Crippen MR) is 90.1 cm³/mol. The molecule has 1 aromatic carbocycles. The molecule has 0 aromatic heterocycles. The number of rotatable bonds is 2. The molecule has 122 valence electrons. The Kier molecular flexibility index (Phi) is 3.85. The Morgan fingerprint density at radius 1 is 1.43 bits per heavy atom. The lowest BCUT2D eigenvalue weighted by molar-refractivity contribution is -0.110. The lowest BCUT2D eigenvalue weighted by Gasteiger charge is -2.23. The van der Waals surface area contributed by atoms with E-state index < -0.39 is 15.4 Å². The minimum absolute atomic E-state index is 0.0105. The molecule has 23 heavy (non-hydrogen) atoms. The number of nitrogens with zero attached hydrogens (tertiary/aromatic N) is 1. The Labute approximate surface area is 139 Å². The van der Waals surface area contributed by atoms with Crippen LogP contribution in [0.4, 0.5) is 5.69 Å². The highest BCUT2D eigenvalue weighted by atomic mass is 32.2. The van der Waals surface area contributed by atoms with Gasteiger partial charge in [0, 0.05) is 5.56 Å². The Balaban J connectivity index is 1.69. The molecule has 1 unspecified atom stereocenters. The van der Waals surface area contributed by atoms with E-state index in [0.717, 1.165) is 0 Å². The molecule has 0 bridgehead atoms. The van der Waals surface area contributed by atoms with Gasteiger partial charge in [0.1, 0.15) is 0 Å². The van der Waals surface area contributed by atoms with Gasteiger partial charge in [0.2, 0.25) is 0 Å². The summed E-state index contributed by atoms with van der Waals surface area (Å²) in [6.07, 6.45) is 0.443. The Morgan fingerprint density at radius 3 is 2.87 bits per heavy atom. The molecule has 2 aliphatic heterocycles. The van der Waals surface area contributed by atoms with Gasteiger partial charge in [0.25, 0.3) is 11.1 Å². The molecule has 1 aromatic rings. The normalized spacial score (nSPS) is 26.7. The molecule has 7 nitrogen and oxygen atoms in total. The minimum atomic E-state index is -3.06. The van der Waals surface area contributed by atoms with Gasteiger partial charge in [-0.05, 0) is 31.6 Å². The molecule has 0 spiro atoms. The number of carbonyl (C=O) groups excluding carboxylic acids is 1. The molecule has 3 rings (SSSR count). The first-order chi connectivity index (χ1) is 10.8. The van der Waals surface area contributed by atoms with Gasteiger partial charge in [0.15, 0.2) is 15.5 Å². The van der Waals surface area contributed by atoms with E-state index in [-0.39, 0.29) is 28.3 Å². The maximum atomic E-state index is 11.9. The highest BCUT2D eigenvalue weighted by Crippen LogP contribution is 2.24. The van der Waals surface area contributed by atoms with E-state index in [4.69, 9.17) is 17.1 Å². The Morgan fingerprint density at radius 2 is 2.17 bits per heavy atom. The van der Waals surface area contributed by atoms with Crippen LogP contribution < -0.4 is 10.6 Å². The third-order valence-electron chi connectivity index (χ3n) is 3.77. The number of benzene rings is 1. The Bertz CT molecular complexity index is 819. The number of fused-ring (bicyclic) bond motifs is 1. The molecule has 0 saturated carbocycles. The summed E-state index contributed by atoms with van der Waals surface area (Å²) in [6, 6.07) is 7.10. The molecule has 1 atom stereocenters. The van der Waals surface area contributed by atoms with Gasteiger partial charge < -0.3 is 15.5 Å². The van der Waals surface area contributed by atoms with E-state index in [1.165, 1.54) is 0 Å². The van der Waals surface area contributed by atoms with Crippen LogP contribution in [0.3, 0.4) is 0 Å². The quantitative estimate of drug-likeness (QED) is 0.603. The van der Waals surface area contributed by atoms with Crippen molar-refractivity contribution in [2.24, 2.45) is 5.16 Å². The number of para-hydroxylation sites is 1. The molecule has 2 aliphatic rings. The molecule has 0 radical (unpaired) electrons. The maximum Gasteiger partial charge on any atom is 0.289 e. The van der Waals surface area contributed by atoms with Crippen LogP contribution in [0.25, 0.3) is 0 Å². The van der Waals surface area contributed by atoms with Gasteiger partial charge >= 0.3 is 0 Å². The number of carbonyl (C=O) groups is 1. The second kappa shape index (κ2) is 5.57. The van der Waals surface area contributed by atoms with Crippen LogP contribution in [0.5, 0.6) is 0 Å². The average Bonchev–Trinajstić information content (AvgIpc) is 2.92. The van der Waals surface area contributed by atoms with Crippen molar-refractivity contribution in [3.8, 4) is 0 Å². The third-order valence-corrected chi connectivity index (χ3v) is 5.85. The van der Waals surface area contributed by atoms with E-state index in [0.29, 0.717) is 17.7 Å². The van der Waals surface area contributed by atoms with Crippen molar-refractivity contribution < 1.29 is 18.0 Å². The second-order valence-electron chi connectivity index (χ2n) is 5.85. The summed E-state index contributed by atoms with van der Waals surface area (Å²) in [7, 11) is -3.06. The Hall–Kier alpha value is -2.00. The lowest BCUT2D eigenvalue weighted by Crippen LogP contribution is -2.46. The zero-order valence-corrected chi connectivity index (χ0v) is 14.0. The van der Waals surface area contributed by atoms with Crippen molar-refractivity contribution in [1.29, 1.82) is 0 Å². The fraction of sp³-hybridized carbons (Fsp3) is 0.357. The van der Waals surface area contributed by atoms with Gasteiger partial charge in [0.05, 0.1) is 22.7 Å². The molecule has 9 heteroatoms. The summed E-state index contributed by atoms with van der Waals surface area (Å²) < 4.78 is 23.1. The van der Waals surface area contributed by atoms with Crippen molar-refractivity contribution >= 4 is 44.5 Å². The second-order valence-corrected chi connectivity index (χ2v) is 8.40. The molecular formula is C14H15N3O4S2. The molecule has 2 N–H and O–H groups in total. The van der Waals surface area contributed by atoms with Crippen LogP contribution in [0, 0.1) is 0 Å². The SMILES string of the molecule is CC1(NC(=S)O/N=C2\C(=O)Nc3ccccc32)CCS(=O)(=O)C1. The van der Waals surface area contributed by atoms with Crippen molar-refractivity contribution in [2.45, 2.75) is 18.9 Å². The number of thiocarbonyl (C=S) groups is 1. The number of oxime groups is 1. The summed E-state index contributed by atoms with van der Waals surface area (Å²) in [5.41, 5.74) is 0.753. The van der Waals surface area contributed by atoms with E-state index in [2.05, 4.69) is 15.8 Å². The van der Waals surface area contributed by atoms with Crippen molar-refractivity contribution in [3.63, 3.8) is 0 Å². The van der Waals surface area contributed by atoms with Gasteiger partial charge in [-0.25, -0.2) is 8.42 Å². The van der Waals surface area contributed by atoms with Crippen LogP contribution in [-0.2, 0) is 19.5 Å². The van der Waals surface area contributed by atoms with Crippen molar-refractivity contribution in [3.05, 3.63) is 29.8 Å². The van der Waals surface area contributed by atoms with E-state index >= 15 is 0 Å². The standard InChI is InChI=1S/C14H15N3O4S2/c1-14(6-7-23(19,20)8-14)16-13(22)21-17-11-9-4-2-3-5-10(9)15-12(11)18/h2-5H,6-8H2,1H3,(H,16,22)(H,15,17,18). The molecule has 1 fully saturated rings. The molecular weight excluding hydrogens is 338 g/mol. The highest BCUT2D eigenvalue weighted by molar-refractivity contribution is 7.91. The average molecular weight is 353 g/mol. The molecule has 1 saturated heterocycles. The smallest absolute Gasteiger partial charge is 0.289 e. The minimum Gasteiger partial charge on any atom is -0.338 e. The zero-order chi connectivity index (χ0) is 16.7. The first kappa shape index (κ1) is 15.9. The summed E-state index contributed by atoms with van der Waals surface area (Å²) in [4.78, 5) is 17.0. The number of anilines is 1. The van der Waals surface area contributed by atoms with Crippen molar-refractivity contribution in [2.75, 3.05) is 16.8 Å². The number of sulfone groups is 1. The van der Waals surface area contributed by atoms with Gasteiger partial charge in [-0.1, -0.05) is 23.4 Å². The lowest BCUT2D eigenvalue weighted by atomic mass is 10.0. The summed E-state index contributed by atoms with van der Waals surface area (Å²) in [6.45, 7) is 1.76. The van der Waals surface area contributed by atoms with Gasteiger partial charge in [-0.2, -0.15) is 0 Å². The van der Waals surface area contributed by atoms with Crippen LogP contribution in [0.15, 0.2) is 29.4 Å². The summed E-state index contributed by atoms with van der Waals surface area (Å²) >= 11 is 5.04. The topological polar surface area (TPSA) is 96.9 Å². The van der Waals surface area contributed by atoms with Crippen LogP contribution in [0.2, 0.25) is 0 Å². The number of nitrogens with one attached hydrogen (secondary N) is 2. The van der Waals surface area contributed by atoms with E-state index in [1.54, 1.807) is 31.2 Å². The summed E-state index contributed by atoms with van der Waals surface area (Å²) in [5, 5.41) is 9.28.